The van der Waals surface area contributed by atoms with Crippen molar-refractivity contribution in [2.75, 3.05) is 20.2 Å². The molecular weight excluding hydrogens is 205 g/mol. The van der Waals surface area contributed by atoms with E-state index in [2.05, 4.69) is 32.6 Å². The van der Waals surface area contributed by atoms with E-state index in [9.17, 15) is 0 Å². The highest BCUT2D eigenvalue weighted by molar-refractivity contribution is 6.54. The maximum absolute atomic E-state index is 5.96. The first kappa shape index (κ1) is 11.8. The van der Waals surface area contributed by atoms with Crippen molar-refractivity contribution in [1.29, 1.82) is 0 Å². The molecule has 5 heteroatoms. The van der Waals surface area contributed by atoms with Crippen LogP contribution in [0.4, 0.5) is 0 Å². The van der Waals surface area contributed by atoms with E-state index in [0.717, 1.165) is 18.7 Å². The SMILES string of the molecule is CN1CCOC=C1B1OC(C)(C)C(C)(C)O1. The Balaban J connectivity index is 2.17. The van der Waals surface area contributed by atoms with E-state index in [0.29, 0.717) is 0 Å². The van der Waals surface area contributed by atoms with Gasteiger partial charge in [0.25, 0.3) is 0 Å². The molecule has 2 rings (SSSR count). The number of ether oxygens (including phenoxy) is 1. The molecule has 0 aromatic heterocycles. The highest BCUT2D eigenvalue weighted by atomic mass is 16.7. The maximum Gasteiger partial charge on any atom is 0.515 e. The van der Waals surface area contributed by atoms with Crippen molar-refractivity contribution in [2.24, 2.45) is 0 Å². The third-order valence-corrected chi connectivity index (χ3v) is 3.68. The summed E-state index contributed by atoms with van der Waals surface area (Å²) in [4.78, 5) is 2.12. The lowest BCUT2D eigenvalue weighted by Crippen LogP contribution is -2.41. The Kier molecular flexibility index (Phi) is 2.71. The molecule has 0 atom stereocenters. The molecule has 1 saturated heterocycles. The Morgan fingerprint density at radius 1 is 1.19 bits per heavy atom. The summed E-state index contributed by atoms with van der Waals surface area (Å²) < 4.78 is 17.3. The van der Waals surface area contributed by atoms with Crippen LogP contribution in [0.25, 0.3) is 0 Å². The minimum Gasteiger partial charge on any atom is -0.498 e. The molecule has 16 heavy (non-hydrogen) atoms. The third kappa shape index (κ3) is 1.82. The second kappa shape index (κ2) is 3.67. The summed E-state index contributed by atoms with van der Waals surface area (Å²) in [5, 5.41) is 0. The maximum atomic E-state index is 5.96. The summed E-state index contributed by atoms with van der Waals surface area (Å²) >= 11 is 0. The second-order valence-corrected chi connectivity index (χ2v) is 5.42. The molecule has 4 nitrogen and oxygen atoms in total. The van der Waals surface area contributed by atoms with E-state index < -0.39 is 0 Å². The first-order chi connectivity index (χ1) is 7.33. The molecule has 0 bridgehead atoms. The van der Waals surface area contributed by atoms with Gasteiger partial charge in [-0.05, 0) is 27.7 Å². The van der Waals surface area contributed by atoms with E-state index >= 15 is 0 Å². The Morgan fingerprint density at radius 2 is 1.75 bits per heavy atom. The first-order valence-electron chi connectivity index (χ1n) is 5.72. The molecule has 0 aliphatic carbocycles. The lowest BCUT2D eigenvalue weighted by molar-refractivity contribution is 0.00578. The molecule has 0 aromatic rings. The molecule has 0 spiro atoms. The Hall–Kier alpha value is -0.675. The van der Waals surface area contributed by atoms with Gasteiger partial charge in [0.05, 0.1) is 29.6 Å². The van der Waals surface area contributed by atoms with E-state index in [1.807, 2.05) is 7.05 Å². The third-order valence-electron chi connectivity index (χ3n) is 3.68. The zero-order chi connectivity index (χ0) is 12.0. The van der Waals surface area contributed by atoms with Gasteiger partial charge in [0.15, 0.2) is 0 Å². The zero-order valence-electron chi connectivity index (χ0n) is 10.7. The van der Waals surface area contributed by atoms with Gasteiger partial charge in [0, 0.05) is 7.05 Å². The summed E-state index contributed by atoms with van der Waals surface area (Å²) in [6, 6.07) is 0. The van der Waals surface area contributed by atoms with Crippen LogP contribution < -0.4 is 0 Å². The molecule has 0 amide bonds. The molecule has 2 heterocycles. The largest absolute Gasteiger partial charge is 0.515 e. The first-order valence-corrected chi connectivity index (χ1v) is 5.72. The quantitative estimate of drug-likeness (QED) is 0.631. The molecule has 0 radical (unpaired) electrons. The minimum absolute atomic E-state index is 0.295. The van der Waals surface area contributed by atoms with Crippen LogP contribution in [-0.4, -0.2) is 43.4 Å². The van der Waals surface area contributed by atoms with Gasteiger partial charge < -0.3 is 18.9 Å². The summed E-state index contributed by atoms with van der Waals surface area (Å²) in [7, 11) is 1.70. The molecule has 2 aliphatic heterocycles. The number of rotatable bonds is 1. The molecule has 0 unspecified atom stereocenters. The standard InChI is InChI=1S/C11H20BNO3/c1-10(2)11(3,4)16-12(15-10)9-8-14-7-6-13(9)5/h8H,6-7H2,1-5H3. The van der Waals surface area contributed by atoms with Gasteiger partial charge in [-0.2, -0.15) is 0 Å². The smallest absolute Gasteiger partial charge is 0.498 e. The highest BCUT2D eigenvalue weighted by Gasteiger charge is 2.53. The van der Waals surface area contributed by atoms with Crippen molar-refractivity contribution in [2.45, 2.75) is 38.9 Å². The predicted molar refractivity (Wildman–Crippen MR) is 62.7 cm³/mol. The lowest BCUT2D eigenvalue weighted by atomic mass is 9.84. The van der Waals surface area contributed by atoms with Crippen LogP contribution in [0.2, 0.25) is 0 Å². The number of hydrogen-bond donors (Lipinski definition) is 0. The fourth-order valence-electron chi connectivity index (χ4n) is 1.75. The van der Waals surface area contributed by atoms with Crippen LogP contribution in [0, 0.1) is 0 Å². The van der Waals surface area contributed by atoms with Crippen LogP contribution in [0.5, 0.6) is 0 Å². The molecule has 90 valence electrons. The van der Waals surface area contributed by atoms with Gasteiger partial charge in [-0.25, -0.2) is 0 Å². The van der Waals surface area contributed by atoms with Crippen molar-refractivity contribution in [3.63, 3.8) is 0 Å². The van der Waals surface area contributed by atoms with Crippen LogP contribution in [0.15, 0.2) is 11.9 Å². The molecule has 0 saturated carbocycles. The van der Waals surface area contributed by atoms with Crippen LogP contribution >= 0.6 is 0 Å². The molecule has 1 fully saturated rings. The summed E-state index contributed by atoms with van der Waals surface area (Å²) in [6.45, 7) is 9.80. The van der Waals surface area contributed by atoms with Crippen LogP contribution in [0.1, 0.15) is 27.7 Å². The Morgan fingerprint density at radius 3 is 2.25 bits per heavy atom. The second-order valence-electron chi connectivity index (χ2n) is 5.42. The predicted octanol–water partition coefficient (Wildman–Crippen LogP) is 1.42. The van der Waals surface area contributed by atoms with Gasteiger partial charge in [-0.15, -0.1) is 0 Å². The average Bonchev–Trinajstić information content (AvgIpc) is 2.36. The molecule has 0 aromatic carbocycles. The van der Waals surface area contributed by atoms with E-state index in [1.54, 1.807) is 6.26 Å². The Bertz CT molecular complexity index is 298. The van der Waals surface area contributed by atoms with Crippen molar-refractivity contribution >= 4 is 7.12 Å². The Labute approximate surface area is 97.7 Å². The van der Waals surface area contributed by atoms with Gasteiger partial charge in [0.2, 0.25) is 0 Å². The zero-order valence-corrected chi connectivity index (χ0v) is 10.7. The van der Waals surface area contributed by atoms with Crippen molar-refractivity contribution < 1.29 is 14.0 Å². The van der Waals surface area contributed by atoms with E-state index in [1.165, 1.54) is 0 Å². The fourth-order valence-corrected chi connectivity index (χ4v) is 1.75. The highest BCUT2D eigenvalue weighted by Crippen LogP contribution is 2.39. The normalized spacial score (nSPS) is 27.7. The minimum atomic E-state index is -0.324. The monoisotopic (exact) mass is 225 g/mol. The van der Waals surface area contributed by atoms with Crippen molar-refractivity contribution in [3.05, 3.63) is 11.9 Å². The number of likely N-dealkylation sites (N-methyl/N-ethyl adjacent to an activating group) is 1. The molecule has 2 aliphatic rings. The fraction of sp³-hybridized carbons (Fsp3) is 0.818. The van der Waals surface area contributed by atoms with Crippen molar-refractivity contribution in [3.8, 4) is 0 Å². The van der Waals surface area contributed by atoms with Gasteiger partial charge in [-0.1, -0.05) is 0 Å². The lowest BCUT2D eigenvalue weighted by Gasteiger charge is -2.32. The van der Waals surface area contributed by atoms with Crippen molar-refractivity contribution in [1.82, 2.24) is 4.90 Å². The van der Waals surface area contributed by atoms with Gasteiger partial charge in [0.1, 0.15) is 6.61 Å². The molecule has 0 N–H and O–H groups in total. The summed E-state index contributed by atoms with van der Waals surface area (Å²) in [5.74, 6) is 0. The summed E-state index contributed by atoms with van der Waals surface area (Å²) in [6.07, 6.45) is 1.74. The van der Waals surface area contributed by atoms with Crippen LogP contribution in [0.3, 0.4) is 0 Å². The van der Waals surface area contributed by atoms with Gasteiger partial charge in [-0.3, -0.25) is 0 Å². The van der Waals surface area contributed by atoms with E-state index in [4.69, 9.17) is 14.0 Å². The topological polar surface area (TPSA) is 30.9 Å². The van der Waals surface area contributed by atoms with Crippen LogP contribution in [-0.2, 0) is 14.0 Å². The van der Waals surface area contributed by atoms with Gasteiger partial charge >= 0.3 is 7.12 Å². The molecular formula is C11H20BNO3. The summed E-state index contributed by atoms with van der Waals surface area (Å²) in [5.41, 5.74) is 0.373. The average molecular weight is 225 g/mol. The number of hydrogen-bond acceptors (Lipinski definition) is 4. The van der Waals surface area contributed by atoms with E-state index in [-0.39, 0.29) is 18.3 Å². The number of nitrogens with zero attached hydrogens (tertiary/aromatic N) is 1.